The first-order chi connectivity index (χ1) is 7.20. The number of pyridine rings is 1. The van der Waals surface area contributed by atoms with Crippen molar-refractivity contribution in [3.05, 3.63) is 29.6 Å². The molecule has 0 fully saturated rings. The summed E-state index contributed by atoms with van der Waals surface area (Å²) >= 11 is 0. The van der Waals surface area contributed by atoms with E-state index in [1.165, 1.54) is 0 Å². The zero-order valence-electron chi connectivity index (χ0n) is 8.73. The Hall–Kier alpha value is -1.89. The molecule has 0 aliphatic rings. The van der Waals surface area contributed by atoms with E-state index >= 15 is 0 Å². The van der Waals surface area contributed by atoms with Crippen molar-refractivity contribution in [2.24, 2.45) is 0 Å². The molecule has 0 bridgehead atoms. The number of esters is 1. The highest BCUT2D eigenvalue weighted by Crippen LogP contribution is 2.17. The fourth-order valence-corrected chi connectivity index (χ4v) is 1.25. The maximum absolute atomic E-state index is 11.4. The molecule has 0 aromatic carbocycles. The molecule has 1 rings (SSSR count). The van der Waals surface area contributed by atoms with Gasteiger partial charge in [-0.2, -0.15) is 5.26 Å². The number of hydrogen-bond acceptors (Lipinski definition) is 4. The van der Waals surface area contributed by atoms with E-state index in [2.05, 4.69) is 4.98 Å². The smallest absolute Gasteiger partial charge is 0.329 e. The van der Waals surface area contributed by atoms with Crippen LogP contribution in [0.25, 0.3) is 0 Å². The summed E-state index contributed by atoms with van der Waals surface area (Å²) in [5.41, 5.74) is 1.29. The third-order valence-corrected chi connectivity index (χ3v) is 1.97. The van der Waals surface area contributed by atoms with E-state index in [1.54, 1.807) is 19.2 Å². The average Bonchev–Trinajstić information content (AvgIpc) is 2.22. The normalized spacial score (nSPS) is 11.5. The minimum atomic E-state index is -0.925. The van der Waals surface area contributed by atoms with Crippen molar-refractivity contribution in [2.75, 3.05) is 6.61 Å². The molecule has 0 unspecified atom stereocenters. The van der Waals surface area contributed by atoms with Gasteiger partial charge in [-0.25, -0.2) is 0 Å². The Labute approximate surface area is 88.5 Å². The number of carbonyl (C=O) groups is 1. The first-order valence-corrected chi connectivity index (χ1v) is 4.68. The summed E-state index contributed by atoms with van der Waals surface area (Å²) in [6.45, 7) is 3.78. The molecule has 1 heterocycles. The second kappa shape index (κ2) is 5.11. The molecule has 78 valence electrons. The van der Waals surface area contributed by atoms with Gasteiger partial charge in [0.25, 0.3) is 0 Å². The van der Waals surface area contributed by atoms with Crippen LogP contribution in [0.1, 0.15) is 24.1 Å². The SMILES string of the molecule is CCOC(=O)[C@H](C#N)c1ncccc1C. The van der Waals surface area contributed by atoms with Gasteiger partial charge in [0, 0.05) is 6.20 Å². The van der Waals surface area contributed by atoms with Crippen LogP contribution >= 0.6 is 0 Å². The molecule has 4 heteroatoms. The third kappa shape index (κ3) is 2.53. The summed E-state index contributed by atoms with van der Waals surface area (Å²) in [5.74, 6) is -1.46. The van der Waals surface area contributed by atoms with Gasteiger partial charge >= 0.3 is 5.97 Å². The first kappa shape index (κ1) is 11.2. The highest BCUT2D eigenvalue weighted by Gasteiger charge is 2.24. The first-order valence-electron chi connectivity index (χ1n) is 4.68. The summed E-state index contributed by atoms with van der Waals surface area (Å²) in [6, 6.07) is 5.48. The quantitative estimate of drug-likeness (QED) is 0.701. The minimum absolute atomic E-state index is 0.267. The summed E-state index contributed by atoms with van der Waals surface area (Å²) < 4.78 is 4.80. The number of rotatable bonds is 3. The van der Waals surface area contributed by atoms with E-state index < -0.39 is 11.9 Å². The standard InChI is InChI=1S/C11H12N2O2/c1-3-15-11(14)9(7-12)10-8(2)5-4-6-13-10/h4-6,9H,3H2,1-2H3/t9-/m1/s1. The predicted octanol–water partition coefficient (Wildman–Crippen LogP) is 1.56. The largest absolute Gasteiger partial charge is 0.465 e. The van der Waals surface area contributed by atoms with Gasteiger partial charge in [-0.15, -0.1) is 0 Å². The number of aryl methyl sites for hydroxylation is 1. The van der Waals surface area contributed by atoms with Crippen molar-refractivity contribution in [2.45, 2.75) is 19.8 Å². The van der Waals surface area contributed by atoms with Gasteiger partial charge in [0.05, 0.1) is 18.4 Å². The van der Waals surface area contributed by atoms with Crippen LogP contribution in [-0.4, -0.2) is 17.6 Å². The predicted molar refractivity (Wildman–Crippen MR) is 54.0 cm³/mol. The van der Waals surface area contributed by atoms with Crippen LogP contribution < -0.4 is 0 Å². The number of carbonyl (C=O) groups excluding carboxylic acids is 1. The minimum Gasteiger partial charge on any atom is -0.465 e. The molecule has 0 radical (unpaired) electrons. The van der Waals surface area contributed by atoms with E-state index in [0.717, 1.165) is 5.56 Å². The number of hydrogen-bond donors (Lipinski definition) is 0. The van der Waals surface area contributed by atoms with Crippen LogP contribution in [0.5, 0.6) is 0 Å². The van der Waals surface area contributed by atoms with Crippen molar-refractivity contribution in [1.82, 2.24) is 4.98 Å². The van der Waals surface area contributed by atoms with Crippen LogP contribution in [0.4, 0.5) is 0 Å². The molecule has 1 aromatic heterocycles. The lowest BCUT2D eigenvalue weighted by molar-refractivity contribution is -0.143. The van der Waals surface area contributed by atoms with Crippen LogP contribution in [0, 0.1) is 18.3 Å². The molecular weight excluding hydrogens is 192 g/mol. The lowest BCUT2D eigenvalue weighted by Crippen LogP contribution is -2.16. The van der Waals surface area contributed by atoms with Gasteiger partial charge in [-0.3, -0.25) is 9.78 Å². The van der Waals surface area contributed by atoms with Gasteiger partial charge in [0.1, 0.15) is 0 Å². The van der Waals surface area contributed by atoms with E-state index in [-0.39, 0.29) is 6.61 Å². The molecule has 0 aliphatic carbocycles. The van der Waals surface area contributed by atoms with Crippen LogP contribution in [0.2, 0.25) is 0 Å². The molecule has 0 amide bonds. The van der Waals surface area contributed by atoms with Crippen LogP contribution in [0.3, 0.4) is 0 Å². The van der Waals surface area contributed by atoms with Crippen LogP contribution in [0.15, 0.2) is 18.3 Å². The molecule has 15 heavy (non-hydrogen) atoms. The van der Waals surface area contributed by atoms with Gasteiger partial charge < -0.3 is 4.74 Å². The Balaban J connectivity index is 2.99. The maximum Gasteiger partial charge on any atom is 0.329 e. The van der Waals surface area contributed by atoms with E-state index in [1.807, 2.05) is 19.1 Å². The van der Waals surface area contributed by atoms with E-state index in [0.29, 0.717) is 5.69 Å². The molecule has 0 N–H and O–H groups in total. The van der Waals surface area contributed by atoms with Crippen LogP contribution in [-0.2, 0) is 9.53 Å². The molecule has 4 nitrogen and oxygen atoms in total. The lowest BCUT2D eigenvalue weighted by Gasteiger charge is -2.09. The Bertz CT molecular complexity index is 396. The molecule has 0 aliphatic heterocycles. The van der Waals surface area contributed by atoms with Crippen molar-refractivity contribution < 1.29 is 9.53 Å². The van der Waals surface area contributed by atoms with Crippen molar-refractivity contribution in [1.29, 1.82) is 5.26 Å². The Kier molecular flexibility index (Phi) is 3.81. The maximum atomic E-state index is 11.4. The van der Waals surface area contributed by atoms with Gasteiger partial charge in [0.15, 0.2) is 5.92 Å². The van der Waals surface area contributed by atoms with E-state index in [4.69, 9.17) is 10.00 Å². The fourth-order valence-electron chi connectivity index (χ4n) is 1.25. The van der Waals surface area contributed by atoms with Crippen molar-refractivity contribution >= 4 is 5.97 Å². The second-order valence-corrected chi connectivity index (χ2v) is 3.02. The second-order valence-electron chi connectivity index (χ2n) is 3.02. The number of ether oxygens (including phenoxy) is 1. The number of nitrogens with zero attached hydrogens (tertiary/aromatic N) is 2. The summed E-state index contributed by atoms with van der Waals surface area (Å²) in [4.78, 5) is 15.5. The molecule has 0 saturated heterocycles. The third-order valence-electron chi connectivity index (χ3n) is 1.97. The van der Waals surface area contributed by atoms with Gasteiger partial charge in [0.2, 0.25) is 0 Å². The lowest BCUT2D eigenvalue weighted by atomic mass is 10.0. The summed E-state index contributed by atoms with van der Waals surface area (Å²) in [7, 11) is 0. The Morgan fingerprint density at radius 2 is 2.47 bits per heavy atom. The topological polar surface area (TPSA) is 63.0 Å². The summed E-state index contributed by atoms with van der Waals surface area (Å²) in [5, 5.41) is 8.91. The monoisotopic (exact) mass is 204 g/mol. The van der Waals surface area contributed by atoms with E-state index in [9.17, 15) is 4.79 Å². The zero-order chi connectivity index (χ0) is 11.3. The number of nitriles is 1. The molecule has 1 aromatic rings. The van der Waals surface area contributed by atoms with Gasteiger partial charge in [-0.05, 0) is 25.5 Å². The zero-order valence-corrected chi connectivity index (χ0v) is 8.73. The van der Waals surface area contributed by atoms with Crippen molar-refractivity contribution in [3.63, 3.8) is 0 Å². The molecular formula is C11H12N2O2. The fraction of sp³-hybridized carbons (Fsp3) is 0.364. The van der Waals surface area contributed by atoms with Gasteiger partial charge in [-0.1, -0.05) is 6.07 Å². The summed E-state index contributed by atoms with van der Waals surface area (Å²) in [6.07, 6.45) is 1.56. The highest BCUT2D eigenvalue weighted by atomic mass is 16.5. The highest BCUT2D eigenvalue weighted by molar-refractivity contribution is 5.81. The Morgan fingerprint density at radius 3 is 3.00 bits per heavy atom. The molecule has 1 atom stereocenters. The average molecular weight is 204 g/mol. The number of aromatic nitrogens is 1. The molecule has 0 saturated carbocycles. The molecule has 0 spiro atoms. The Morgan fingerprint density at radius 1 is 1.73 bits per heavy atom. The van der Waals surface area contributed by atoms with Crippen molar-refractivity contribution in [3.8, 4) is 6.07 Å².